The van der Waals surface area contributed by atoms with Gasteiger partial charge in [0, 0.05) is 5.56 Å². The van der Waals surface area contributed by atoms with Crippen LogP contribution in [0.1, 0.15) is 18.6 Å². The van der Waals surface area contributed by atoms with E-state index in [9.17, 15) is 14.3 Å². The zero-order chi connectivity index (χ0) is 10.7. The second-order valence-corrected chi connectivity index (χ2v) is 2.78. The molecule has 1 aromatic rings. The van der Waals surface area contributed by atoms with E-state index >= 15 is 0 Å². The van der Waals surface area contributed by atoms with Crippen molar-refractivity contribution in [2.75, 3.05) is 0 Å². The smallest absolute Gasteiger partial charge is 0.405 e. The van der Waals surface area contributed by atoms with Crippen LogP contribution >= 0.6 is 0 Å². The molecule has 0 bridgehead atoms. The molecular weight excluding hydrogens is 189 g/mol. The van der Waals surface area contributed by atoms with Gasteiger partial charge in [0.15, 0.2) is 0 Å². The van der Waals surface area contributed by atoms with E-state index in [1.165, 1.54) is 13.0 Å². The van der Waals surface area contributed by atoms with Crippen LogP contribution in [0.2, 0.25) is 0 Å². The number of primary amides is 1. The minimum Gasteiger partial charge on any atom is -0.508 e. The number of aromatic hydroxyl groups is 1. The van der Waals surface area contributed by atoms with Crippen LogP contribution in [0, 0.1) is 5.82 Å². The number of carbonyl (C=O) groups is 1. The highest BCUT2D eigenvalue weighted by Crippen LogP contribution is 2.26. The van der Waals surface area contributed by atoms with Crippen molar-refractivity contribution in [2.24, 2.45) is 5.73 Å². The number of phenols is 1. The second kappa shape index (κ2) is 3.95. The van der Waals surface area contributed by atoms with E-state index in [1.807, 2.05) is 0 Å². The van der Waals surface area contributed by atoms with Gasteiger partial charge in [-0.15, -0.1) is 0 Å². The van der Waals surface area contributed by atoms with E-state index in [1.54, 1.807) is 0 Å². The zero-order valence-corrected chi connectivity index (χ0v) is 7.53. The van der Waals surface area contributed by atoms with E-state index < -0.39 is 18.0 Å². The molecule has 0 spiro atoms. The molecule has 14 heavy (non-hydrogen) atoms. The number of benzene rings is 1. The van der Waals surface area contributed by atoms with Gasteiger partial charge in [0.05, 0.1) is 0 Å². The predicted molar refractivity (Wildman–Crippen MR) is 47.1 cm³/mol. The van der Waals surface area contributed by atoms with E-state index in [4.69, 9.17) is 5.73 Å². The second-order valence-electron chi connectivity index (χ2n) is 2.78. The van der Waals surface area contributed by atoms with Gasteiger partial charge in [0.1, 0.15) is 17.7 Å². The Hall–Kier alpha value is -1.78. The van der Waals surface area contributed by atoms with Crippen LogP contribution in [0.25, 0.3) is 0 Å². The van der Waals surface area contributed by atoms with Crippen LogP contribution < -0.4 is 5.73 Å². The first-order chi connectivity index (χ1) is 6.50. The summed E-state index contributed by atoms with van der Waals surface area (Å²) in [5, 5.41) is 9.32. The number of hydrogen-bond acceptors (Lipinski definition) is 3. The Morgan fingerprint density at radius 1 is 1.64 bits per heavy atom. The molecule has 1 aromatic carbocycles. The van der Waals surface area contributed by atoms with Crippen LogP contribution in [0.15, 0.2) is 18.2 Å². The van der Waals surface area contributed by atoms with Crippen LogP contribution in [0.4, 0.5) is 9.18 Å². The predicted octanol–water partition coefficient (Wildman–Crippen LogP) is 1.69. The third-order valence-electron chi connectivity index (χ3n) is 1.72. The fourth-order valence-electron chi connectivity index (χ4n) is 1.09. The van der Waals surface area contributed by atoms with Crippen molar-refractivity contribution in [3.8, 4) is 5.75 Å². The van der Waals surface area contributed by atoms with Crippen molar-refractivity contribution in [1.82, 2.24) is 0 Å². The van der Waals surface area contributed by atoms with Gasteiger partial charge >= 0.3 is 6.09 Å². The molecule has 1 atom stereocenters. The molecule has 3 N–H and O–H groups in total. The molecular formula is C9H10FNO3. The number of phenolic OH excluding ortho intramolecular Hbond substituents is 1. The highest BCUT2D eigenvalue weighted by Gasteiger charge is 2.14. The number of carbonyl (C=O) groups excluding carboxylic acids is 1. The molecule has 0 aliphatic rings. The molecule has 0 radical (unpaired) electrons. The van der Waals surface area contributed by atoms with Crippen LogP contribution in [0.5, 0.6) is 5.75 Å². The van der Waals surface area contributed by atoms with E-state index in [-0.39, 0.29) is 11.3 Å². The maximum absolute atomic E-state index is 12.8. The van der Waals surface area contributed by atoms with Crippen LogP contribution in [-0.4, -0.2) is 11.2 Å². The number of ether oxygens (including phenoxy) is 1. The molecule has 0 heterocycles. The highest BCUT2D eigenvalue weighted by atomic mass is 19.1. The molecule has 0 saturated carbocycles. The lowest BCUT2D eigenvalue weighted by Gasteiger charge is -2.12. The van der Waals surface area contributed by atoms with Crippen molar-refractivity contribution in [1.29, 1.82) is 0 Å². The van der Waals surface area contributed by atoms with Crippen molar-refractivity contribution >= 4 is 6.09 Å². The quantitative estimate of drug-likeness (QED) is 0.761. The van der Waals surface area contributed by atoms with Crippen molar-refractivity contribution in [3.05, 3.63) is 29.6 Å². The van der Waals surface area contributed by atoms with E-state index in [2.05, 4.69) is 4.74 Å². The molecule has 4 nitrogen and oxygen atoms in total. The summed E-state index contributed by atoms with van der Waals surface area (Å²) in [6.45, 7) is 1.49. The van der Waals surface area contributed by atoms with Crippen molar-refractivity contribution in [2.45, 2.75) is 13.0 Å². The summed E-state index contributed by atoms with van der Waals surface area (Å²) < 4.78 is 17.3. The summed E-state index contributed by atoms with van der Waals surface area (Å²) in [5.41, 5.74) is 4.97. The molecule has 0 saturated heterocycles. The van der Waals surface area contributed by atoms with Gasteiger partial charge in [-0.25, -0.2) is 9.18 Å². The molecule has 0 fully saturated rings. The molecule has 5 heteroatoms. The van der Waals surface area contributed by atoms with Gasteiger partial charge in [-0.1, -0.05) is 0 Å². The molecule has 1 unspecified atom stereocenters. The minimum atomic E-state index is -0.971. The van der Waals surface area contributed by atoms with Gasteiger partial charge in [0.2, 0.25) is 0 Å². The Morgan fingerprint density at radius 3 is 2.86 bits per heavy atom. The van der Waals surface area contributed by atoms with E-state index in [0.29, 0.717) is 0 Å². The molecule has 76 valence electrons. The summed E-state index contributed by atoms with van der Waals surface area (Å²) in [6.07, 6.45) is -1.75. The number of nitrogens with two attached hydrogens (primary N) is 1. The first kappa shape index (κ1) is 10.3. The fraction of sp³-hybridized carbons (Fsp3) is 0.222. The zero-order valence-electron chi connectivity index (χ0n) is 7.53. The lowest BCUT2D eigenvalue weighted by atomic mass is 10.1. The van der Waals surface area contributed by atoms with Gasteiger partial charge in [0.25, 0.3) is 0 Å². The molecule has 0 aliphatic heterocycles. The first-order valence-corrected chi connectivity index (χ1v) is 3.95. The summed E-state index contributed by atoms with van der Waals surface area (Å²) >= 11 is 0. The Bertz CT molecular complexity index is 354. The lowest BCUT2D eigenvalue weighted by Crippen LogP contribution is -2.15. The first-order valence-electron chi connectivity index (χ1n) is 3.95. The average molecular weight is 199 g/mol. The SMILES string of the molecule is CC(OC(N)=O)c1cc(F)ccc1O. The number of amides is 1. The number of halogens is 1. The highest BCUT2D eigenvalue weighted by molar-refractivity contribution is 5.65. The number of hydrogen-bond donors (Lipinski definition) is 2. The Morgan fingerprint density at radius 2 is 2.29 bits per heavy atom. The largest absolute Gasteiger partial charge is 0.508 e. The summed E-state index contributed by atoms with van der Waals surface area (Å²) in [6, 6.07) is 3.38. The topological polar surface area (TPSA) is 72.5 Å². The number of rotatable bonds is 2. The third kappa shape index (κ3) is 2.35. The molecule has 1 amide bonds. The summed E-state index contributed by atoms with van der Waals surface area (Å²) in [4.78, 5) is 10.4. The Labute approximate surface area is 80.1 Å². The standard InChI is InChI=1S/C9H10FNO3/c1-5(14-9(11)13)7-4-6(10)2-3-8(7)12/h2-5,12H,1H3,(H2,11,13). The Kier molecular flexibility index (Phi) is 2.91. The lowest BCUT2D eigenvalue weighted by molar-refractivity contribution is 0.115. The van der Waals surface area contributed by atoms with Crippen molar-refractivity contribution < 1.29 is 19.0 Å². The van der Waals surface area contributed by atoms with Crippen molar-refractivity contribution in [3.63, 3.8) is 0 Å². The fourth-order valence-corrected chi connectivity index (χ4v) is 1.09. The Balaban J connectivity index is 2.93. The van der Waals surface area contributed by atoms with Gasteiger partial charge in [-0.2, -0.15) is 0 Å². The van der Waals surface area contributed by atoms with E-state index in [0.717, 1.165) is 12.1 Å². The maximum Gasteiger partial charge on any atom is 0.405 e. The monoisotopic (exact) mass is 199 g/mol. The van der Waals surface area contributed by atoms with Gasteiger partial charge in [-0.05, 0) is 25.1 Å². The van der Waals surface area contributed by atoms with Gasteiger partial charge < -0.3 is 15.6 Å². The minimum absolute atomic E-state index is 0.139. The molecule has 1 rings (SSSR count). The van der Waals surface area contributed by atoms with Gasteiger partial charge in [-0.3, -0.25) is 0 Å². The summed E-state index contributed by atoms with van der Waals surface area (Å²) in [7, 11) is 0. The maximum atomic E-state index is 12.8. The summed E-state index contributed by atoms with van der Waals surface area (Å²) in [5.74, 6) is -0.655. The molecule has 0 aromatic heterocycles. The van der Waals surface area contributed by atoms with Crippen LogP contribution in [0.3, 0.4) is 0 Å². The average Bonchev–Trinajstić information content (AvgIpc) is 2.08. The van der Waals surface area contributed by atoms with Crippen LogP contribution in [-0.2, 0) is 4.74 Å². The third-order valence-corrected chi connectivity index (χ3v) is 1.72. The molecule has 0 aliphatic carbocycles. The normalized spacial score (nSPS) is 12.1.